The van der Waals surface area contributed by atoms with Gasteiger partial charge in [-0.1, -0.05) is 174 Å². The maximum atomic E-state index is 6.05. The van der Waals surface area contributed by atoms with Crippen molar-refractivity contribution < 1.29 is 8.83 Å². The molecule has 2 heterocycles. The highest BCUT2D eigenvalue weighted by molar-refractivity contribution is 9.10. The summed E-state index contributed by atoms with van der Waals surface area (Å²) in [5, 5.41) is 13.2. The number of anilines is 3. The molecule has 12 aromatic rings. The summed E-state index contributed by atoms with van der Waals surface area (Å²) in [7, 11) is 0. The van der Waals surface area contributed by atoms with E-state index in [1.807, 2.05) is 84.9 Å². The molecule has 0 radical (unpaired) electrons. The van der Waals surface area contributed by atoms with Crippen LogP contribution in [0.3, 0.4) is 0 Å². The van der Waals surface area contributed by atoms with Crippen LogP contribution in [0.4, 0.5) is 17.1 Å². The van der Waals surface area contributed by atoms with Crippen LogP contribution in [0.15, 0.2) is 232 Å². The summed E-state index contributed by atoms with van der Waals surface area (Å²) in [6, 6.07) is 74.7. The quantitative estimate of drug-likeness (QED) is 0.173. The lowest BCUT2D eigenvalue weighted by molar-refractivity contribution is 0.668. The number of nitrogens with one attached hydrogen (secondary N) is 1. The second-order valence-corrected chi connectivity index (χ2v) is 15.7. The molecule has 10 aromatic carbocycles. The van der Waals surface area contributed by atoms with Crippen LogP contribution in [0.1, 0.15) is 0 Å². The Balaban J connectivity index is 0.000000123. The van der Waals surface area contributed by atoms with Gasteiger partial charge in [0.1, 0.15) is 22.3 Å². The molecule has 0 aliphatic carbocycles. The van der Waals surface area contributed by atoms with Crippen molar-refractivity contribution in [3.05, 3.63) is 223 Å². The van der Waals surface area contributed by atoms with Crippen LogP contribution in [0.2, 0.25) is 0 Å². The molecule has 5 heteroatoms. The van der Waals surface area contributed by atoms with E-state index >= 15 is 0 Å². The molecule has 0 saturated heterocycles. The first-order valence-electron chi connectivity index (χ1n) is 20.2. The summed E-state index contributed by atoms with van der Waals surface area (Å²) >= 11 is 3.50. The minimum Gasteiger partial charge on any atom is -0.456 e. The third kappa shape index (κ3) is 7.59. The van der Waals surface area contributed by atoms with Crippen LogP contribution in [0.25, 0.3) is 87.7 Å². The van der Waals surface area contributed by atoms with E-state index in [9.17, 15) is 0 Å². The van der Waals surface area contributed by atoms with Gasteiger partial charge in [-0.05, 0) is 99.1 Å². The molecule has 12 rings (SSSR count). The third-order valence-corrected chi connectivity index (χ3v) is 11.7. The topological polar surface area (TPSA) is 64.3 Å². The molecule has 0 atom stereocenters. The molecule has 0 fully saturated rings. The first kappa shape index (κ1) is 37.7. The Labute approximate surface area is 361 Å². The van der Waals surface area contributed by atoms with Crippen LogP contribution in [-0.2, 0) is 0 Å². The van der Waals surface area contributed by atoms with Crippen LogP contribution in [-0.4, -0.2) is 0 Å². The first-order valence-corrected chi connectivity index (χ1v) is 21.0. The SMILES string of the molecule is Brc1cccc2ccccc12.Nc1ccc(-c2cccc3oc4ccccc4c23)cc1.c1ccc2c(Nc3ccc(-c4cccc5oc6ccccc6c45)cc3)cccc2c1. The van der Waals surface area contributed by atoms with Gasteiger partial charge in [0.05, 0.1) is 0 Å². The molecule has 3 N–H and O–H groups in total. The van der Waals surface area contributed by atoms with Crippen molar-refractivity contribution in [2.45, 2.75) is 0 Å². The largest absolute Gasteiger partial charge is 0.456 e. The molecule has 0 bridgehead atoms. The smallest absolute Gasteiger partial charge is 0.136 e. The Morgan fingerprint density at radius 1 is 0.361 bits per heavy atom. The number of hydrogen-bond acceptors (Lipinski definition) is 4. The lowest BCUT2D eigenvalue weighted by Crippen LogP contribution is -1.91. The van der Waals surface area contributed by atoms with Gasteiger partial charge in [-0.15, -0.1) is 0 Å². The van der Waals surface area contributed by atoms with E-state index in [1.165, 1.54) is 43.6 Å². The Kier molecular flexibility index (Phi) is 10.2. The Morgan fingerprint density at radius 3 is 1.36 bits per heavy atom. The zero-order chi connectivity index (χ0) is 41.1. The number of nitrogens with two attached hydrogens (primary N) is 1. The summed E-state index contributed by atoms with van der Waals surface area (Å²) in [4.78, 5) is 0. The van der Waals surface area contributed by atoms with E-state index in [0.717, 1.165) is 65.6 Å². The number of benzene rings is 10. The predicted octanol–water partition coefficient (Wildman–Crippen LogP) is 16.6. The molecule has 4 nitrogen and oxygen atoms in total. The van der Waals surface area contributed by atoms with E-state index in [0.29, 0.717) is 0 Å². The molecule has 0 unspecified atom stereocenters. The van der Waals surface area contributed by atoms with E-state index in [2.05, 4.69) is 155 Å². The van der Waals surface area contributed by atoms with Crippen molar-refractivity contribution in [3.63, 3.8) is 0 Å². The van der Waals surface area contributed by atoms with Crippen molar-refractivity contribution >= 4 is 98.4 Å². The van der Waals surface area contributed by atoms with E-state index < -0.39 is 0 Å². The second-order valence-electron chi connectivity index (χ2n) is 14.9. The summed E-state index contributed by atoms with van der Waals surface area (Å²) in [5.41, 5.74) is 17.1. The standard InChI is InChI=1S/C28H19NO.C18H13NO.C10H7Br/c1-2-9-22-19(7-1)8-5-12-25(22)29-21-17-15-20(16-18-21)23-11-6-14-27-28(23)24-10-3-4-13-26(24)30-27;19-13-10-8-12(9-11-13)14-5-3-7-17-18(14)15-4-1-2-6-16(15)20-17;11-10-7-3-5-8-4-1-2-6-9(8)10/h1-18,29H;1-11H,19H2;1-7H. The minimum absolute atomic E-state index is 0.776. The average molecular weight is 852 g/mol. The molecule has 0 aliphatic rings. The van der Waals surface area contributed by atoms with Crippen molar-refractivity contribution in [2.75, 3.05) is 11.1 Å². The van der Waals surface area contributed by atoms with Gasteiger partial charge in [0.15, 0.2) is 0 Å². The van der Waals surface area contributed by atoms with Crippen LogP contribution in [0.5, 0.6) is 0 Å². The average Bonchev–Trinajstić information content (AvgIpc) is 3.89. The zero-order valence-electron chi connectivity index (χ0n) is 33.1. The highest BCUT2D eigenvalue weighted by Crippen LogP contribution is 2.38. The molecule has 0 saturated carbocycles. The molecule has 0 amide bonds. The molecule has 0 aliphatic heterocycles. The van der Waals surface area contributed by atoms with Gasteiger partial charge in [-0.3, -0.25) is 0 Å². The molecule has 2 aromatic heterocycles. The third-order valence-electron chi connectivity index (χ3n) is 11.0. The normalized spacial score (nSPS) is 11.1. The fraction of sp³-hybridized carbons (Fsp3) is 0. The highest BCUT2D eigenvalue weighted by Gasteiger charge is 2.13. The molecule has 0 spiro atoms. The van der Waals surface area contributed by atoms with Gasteiger partial charge in [-0.25, -0.2) is 0 Å². The predicted molar refractivity (Wildman–Crippen MR) is 262 cm³/mol. The summed E-state index contributed by atoms with van der Waals surface area (Å²) in [6.07, 6.45) is 0. The van der Waals surface area contributed by atoms with Crippen LogP contribution in [0, 0.1) is 0 Å². The van der Waals surface area contributed by atoms with Gasteiger partial charge in [0.2, 0.25) is 0 Å². The summed E-state index contributed by atoms with van der Waals surface area (Å²) < 4.78 is 13.1. The number of hydrogen-bond donors (Lipinski definition) is 2. The van der Waals surface area contributed by atoms with Crippen LogP contribution < -0.4 is 11.1 Å². The minimum atomic E-state index is 0.776. The fourth-order valence-electron chi connectivity index (χ4n) is 8.10. The Morgan fingerprint density at radius 2 is 0.787 bits per heavy atom. The number of halogens is 1. The van der Waals surface area contributed by atoms with Gasteiger partial charge in [0, 0.05) is 48.5 Å². The molecular weight excluding hydrogens is 813 g/mol. The molecule has 61 heavy (non-hydrogen) atoms. The summed E-state index contributed by atoms with van der Waals surface area (Å²) in [6.45, 7) is 0. The van der Waals surface area contributed by atoms with Crippen molar-refractivity contribution in [2.24, 2.45) is 0 Å². The van der Waals surface area contributed by atoms with Crippen molar-refractivity contribution in [1.82, 2.24) is 0 Å². The van der Waals surface area contributed by atoms with Crippen molar-refractivity contribution in [1.29, 1.82) is 0 Å². The molecular formula is C56H39BrN2O2. The summed E-state index contributed by atoms with van der Waals surface area (Å²) in [5.74, 6) is 0. The lowest BCUT2D eigenvalue weighted by Gasteiger charge is -2.11. The highest BCUT2D eigenvalue weighted by atomic mass is 79.9. The first-order chi connectivity index (χ1) is 30.1. The Hall–Kier alpha value is -7.60. The lowest BCUT2D eigenvalue weighted by atomic mass is 9.99. The molecule has 292 valence electrons. The van der Waals surface area contributed by atoms with E-state index in [4.69, 9.17) is 14.6 Å². The maximum Gasteiger partial charge on any atom is 0.136 e. The monoisotopic (exact) mass is 850 g/mol. The van der Waals surface area contributed by atoms with Crippen molar-refractivity contribution in [3.8, 4) is 22.3 Å². The maximum absolute atomic E-state index is 6.05. The van der Waals surface area contributed by atoms with Gasteiger partial charge in [0.25, 0.3) is 0 Å². The second kappa shape index (κ2) is 16.6. The number of fused-ring (bicyclic) bond motifs is 8. The van der Waals surface area contributed by atoms with Gasteiger partial charge in [-0.2, -0.15) is 0 Å². The number of nitrogen functional groups attached to an aromatic ring is 1. The van der Waals surface area contributed by atoms with Gasteiger partial charge < -0.3 is 19.9 Å². The zero-order valence-corrected chi connectivity index (χ0v) is 34.6. The van der Waals surface area contributed by atoms with E-state index in [1.54, 1.807) is 0 Å². The van der Waals surface area contributed by atoms with E-state index in [-0.39, 0.29) is 0 Å². The van der Waals surface area contributed by atoms with Crippen LogP contribution >= 0.6 is 15.9 Å². The number of rotatable bonds is 4. The fourth-order valence-corrected chi connectivity index (χ4v) is 8.62. The Bertz CT molecular complexity index is 3470. The number of furan rings is 2. The van der Waals surface area contributed by atoms with Gasteiger partial charge >= 0.3 is 0 Å². The number of para-hydroxylation sites is 2.